The average Bonchev–Trinajstić information content (AvgIpc) is 2.45. The Morgan fingerprint density at radius 3 is 2.19 bits per heavy atom. The summed E-state index contributed by atoms with van der Waals surface area (Å²) in [6.45, 7) is 2.68. The summed E-state index contributed by atoms with van der Waals surface area (Å²) >= 11 is -0.0897. The zero-order valence-electron chi connectivity index (χ0n) is 11.5. The molecule has 0 saturated carbocycles. The van der Waals surface area contributed by atoms with Crippen LogP contribution >= 0.6 is 11.8 Å². The predicted octanol–water partition coefficient (Wildman–Crippen LogP) is 5.15. The fourth-order valence-electron chi connectivity index (χ4n) is 1.94. The summed E-state index contributed by atoms with van der Waals surface area (Å²) in [5, 5.41) is 3.35. The molecule has 21 heavy (non-hydrogen) atoms. The molecule has 0 bridgehead atoms. The Balaban J connectivity index is 1.89. The van der Waals surface area contributed by atoms with Crippen LogP contribution in [-0.2, 0) is 6.54 Å². The summed E-state index contributed by atoms with van der Waals surface area (Å²) in [5.74, 6) is 0. The Hall–Kier alpha value is -1.46. The summed E-state index contributed by atoms with van der Waals surface area (Å²) in [6, 6.07) is 16.7. The quantitative estimate of drug-likeness (QED) is 0.766. The molecule has 1 N–H and O–H groups in total. The molecule has 0 spiro atoms. The molecule has 2 aromatic rings. The van der Waals surface area contributed by atoms with E-state index in [0.29, 0.717) is 6.54 Å². The first-order valence-electron chi connectivity index (χ1n) is 6.57. The normalized spacial score (nSPS) is 13.1. The van der Waals surface area contributed by atoms with Gasteiger partial charge in [-0.25, -0.2) is 0 Å². The van der Waals surface area contributed by atoms with E-state index in [2.05, 4.69) is 12.2 Å². The van der Waals surface area contributed by atoms with Gasteiger partial charge < -0.3 is 5.32 Å². The van der Waals surface area contributed by atoms with E-state index in [9.17, 15) is 13.2 Å². The Kier molecular flexibility index (Phi) is 5.31. The molecular formula is C16H16F3NS. The van der Waals surface area contributed by atoms with Gasteiger partial charge in [0.1, 0.15) is 0 Å². The van der Waals surface area contributed by atoms with Crippen LogP contribution in [-0.4, -0.2) is 5.51 Å². The van der Waals surface area contributed by atoms with E-state index in [1.54, 1.807) is 12.1 Å². The summed E-state index contributed by atoms with van der Waals surface area (Å²) in [4.78, 5) is 0.211. The van der Waals surface area contributed by atoms with E-state index >= 15 is 0 Å². The molecule has 112 valence electrons. The first kappa shape index (κ1) is 15.9. The molecule has 2 aromatic carbocycles. The number of benzene rings is 2. The Bertz CT molecular complexity index is 552. The van der Waals surface area contributed by atoms with Crippen LogP contribution in [0, 0.1) is 0 Å². The maximum absolute atomic E-state index is 12.2. The van der Waals surface area contributed by atoms with Crippen LogP contribution in [0.3, 0.4) is 0 Å². The molecule has 0 aromatic heterocycles. The van der Waals surface area contributed by atoms with Crippen molar-refractivity contribution in [3.8, 4) is 0 Å². The third-order valence-corrected chi connectivity index (χ3v) is 3.81. The van der Waals surface area contributed by atoms with Crippen molar-refractivity contribution >= 4 is 11.8 Å². The zero-order valence-corrected chi connectivity index (χ0v) is 12.3. The molecule has 0 heterocycles. The lowest BCUT2D eigenvalue weighted by molar-refractivity contribution is -0.0328. The molecule has 0 aliphatic carbocycles. The largest absolute Gasteiger partial charge is 0.446 e. The van der Waals surface area contributed by atoms with Crippen molar-refractivity contribution in [2.45, 2.75) is 29.9 Å². The summed E-state index contributed by atoms with van der Waals surface area (Å²) in [7, 11) is 0. The maximum Gasteiger partial charge on any atom is 0.446 e. The van der Waals surface area contributed by atoms with Crippen molar-refractivity contribution in [3.63, 3.8) is 0 Å². The number of rotatable bonds is 5. The molecule has 2 rings (SSSR count). The minimum atomic E-state index is -4.23. The van der Waals surface area contributed by atoms with Crippen molar-refractivity contribution in [3.05, 3.63) is 65.7 Å². The van der Waals surface area contributed by atoms with Gasteiger partial charge in [-0.05, 0) is 41.9 Å². The molecule has 0 aliphatic rings. The molecule has 0 radical (unpaired) electrons. The van der Waals surface area contributed by atoms with E-state index < -0.39 is 5.51 Å². The monoisotopic (exact) mass is 311 g/mol. The van der Waals surface area contributed by atoms with Gasteiger partial charge in [0.05, 0.1) is 0 Å². The summed E-state index contributed by atoms with van der Waals surface area (Å²) in [6.07, 6.45) is 0. The van der Waals surface area contributed by atoms with Crippen molar-refractivity contribution in [1.29, 1.82) is 0 Å². The number of thioether (sulfide) groups is 1. The molecule has 0 amide bonds. The van der Waals surface area contributed by atoms with Gasteiger partial charge in [-0.1, -0.05) is 42.5 Å². The van der Waals surface area contributed by atoms with Crippen LogP contribution in [0.15, 0.2) is 59.5 Å². The van der Waals surface area contributed by atoms with Gasteiger partial charge in [0.2, 0.25) is 0 Å². The second-order valence-electron chi connectivity index (χ2n) is 4.71. The lowest BCUT2D eigenvalue weighted by Gasteiger charge is -2.14. The minimum absolute atomic E-state index is 0.0897. The number of alkyl halides is 3. The van der Waals surface area contributed by atoms with Crippen LogP contribution < -0.4 is 5.32 Å². The zero-order chi connectivity index (χ0) is 15.3. The highest BCUT2D eigenvalue weighted by molar-refractivity contribution is 8.00. The number of nitrogens with one attached hydrogen (secondary N) is 1. The third kappa shape index (κ3) is 5.44. The first-order valence-corrected chi connectivity index (χ1v) is 7.39. The van der Waals surface area contributed by atoms with E-state index in [4.69, 9.17) is 0 Å². The standard InChI is InChI=1S/C16H16F3NS/c1-12(14-5-3-2-4-6-14)20-11-13-7-9-15(10-8-13)21-16(17,18)19/h2-10,12,20H,11H2,1H3/t12-/m1/s1. The highest BCUT2D eigenvalue weighted by Gasteiger charge is 2.28. The summed E-state index contributed by atoms with van der Waals surface area (Å²) < 4.78 is 36.7. The molecule has 1 atom stereocenters. The highest BCUT2D eigenvalue weighted by Crippen LogP contribution is 2.36. The molecule has 0 fully saturated rings. The van der Waals surface area contributed by atoms with E-state index in [1.807, 2.05) is 30.3 Å². The predicted molar refractivity (Wildman–Crippen MR) is 80.1 cm³/mol. The number of hydrogen-bond acceptors (Lipinski definition) is 2. The molecule has 5 heteroatoms. The average molecular weight is 311 g/mol. The lowest BCUT2D eigenvalue weighted by atomic mass is 10.1. The second kappa shape index (κ2) is 7.00. The van der Waals surface area contributed by atoms with Crippen molar-refractivity contribution in [2.24, 2.45) is 0 Å². The van der Waals surface area contributed by atoms with Gasteiger partial charge in [0, 0.05) is 17.5 Å². The first-order chi connectivity index (χ1) is 9.94. The maximum atomic E-state index is 12.2. The Labute approximate surface area is 126 Å². The van der Waals surface area contributed by atoms with Crippen LogP contribution in [0.4, 0.5) is 13.2 Å². The van der Waals surface area contributed by atoms with Gasteiger partial charge in [-0.15, -0.1) is 0 Å². The summed E-state index contributed by atoms with van der Waals surface area (Å²) in [5.41, 5.74) is -2.09. The Morgan fingerprint density at radius 2 is 1.62 bits per heavy atom. The molecule has 0 unspecified atom stereocenters. The third-order valence-electron chi connectivity index (χ3n) is 3.07. The van der Waals surface area contributed by atoms with Crippen LogP contribution in [0.25, 0.3) is 0 Å². The number of hydrogen-bond donors (Lipinski definition) is 1. The molecule has 0 aliphatic heterocycles. The van der Waals surface area contributed by atoms with Gasteiger partial charge in [0.25, 0.3) is 0 Å². The van der Waals surface area contributed by atoms with E-state index in [1.165, 1.54) is 17.7 Å². The van der Waals surface area contributed by atoms with Crippen molar-refractivity contribution in [1.82, 2.24) is 5.32 Å². The van der Waals surface area contributed by atoms with Gasteiger partial charge in [0.15, 0.2) is 0 Å². The second-order valence-corrected chi connectivity index (χ2v) is 5.84. The SMILES string of the molecule is C[C@@H](NCc1ccc(SC(F)(F)F)cc1)c1ccccc1. The van der Waals surface area contributed by atoms with Crippen molar-refractivity contribution < 1.29 is 13.2 Å². The van der Waals surface area contributed by atoms with Gasteiger partial charge in [-0.3, -0.25) is 0 Å². The molecular weight excluding hydrogens is 295 g/mol. The smallest absolute Gasteiger partial charge is 0.306 e. The topological polar surface area (TPSA) is 12.0 Å². The number of halogens is 3. The van der Waals surface area contributed by atoms with Crippen LogP contribution in [0.5, 0.6) is 0 Å². The fourth-order valence-corrected chi connectivity index (χ4v) is 2.48. The van der Waals surface area contributed by atoms with Gasteiger partial charge >= 0.3 is 5.51 Å². The Morgan fingerprint density at radius 1 is 1.00 bits per heavy atom. The van der Waals surface area contributed by atoms with Crippen LogP contribution in [0.2, 0.25) is 0 Å². The highest BCUT2D eigenvalue weighted by atomic mass is 32.2. The van der Waals surface area contributed by atoms with Gasteiger partial charge in [-0.2, -0.15) is 13.2 Å². The minimum Gasteiger partial charge on any atom is -0.306 e. The van der Waals surface area contributed by atoms with Crippen LogP contribution in [0.1, 0.15) is 24.1 Å². The van der Waals surface area contributed by atoms with E-state index in [-0.39, 0.29) is 22.7 Å². The van der Waals surface area contributed by atoms with E-state index in [0.717, 1.165) is 5.56 Å². The molecule has 1 nitrogen and oxygen atoms in total. The van der Waals surface area contributed by atoms with Crippen molar-refractivity contribution in [2.75, 3.05) is 0 Å². The fraction of sp³-hybridized carbons (Fsp3) is 0.250. The molecule has 0 saturated heterocycles. The lowest BCUT2D eigenvalue weighted by Crippen LogP contribution is -2.17.